The van der Waals surface area contributed by atoms with Crippen molar-refractivity contribution < 1.29 is 9.59 Å². The highest BCUT2D eigenvalue weighted by atomic mass is 16.2. The van der Waals surface area contributed by atoms with Crippen LogP contribution in [0, 0.1) is 13.8 Å². The van der Waals surface area contributed by atoms with E-state index < -0.39 is 0 Å². The van der Waals surface area contributed by atoms with Crippen molar-refractivity contribution in [1.29, 1.82) is 0 Å². The van der Waals surface area contributed by atoms with Crippen LogP contribution in [0.2, 0.25) is 0 Å². The van der Waals surface area contributed by atoms with E-state index in [1.54, 1.807) is 6.20 Å². The molecule has 0 spiro atoms. The Bertz CT molecular complexity index is 855. The van der Waals surface area contributed by atoms with Crippen molar-refractivity contribution in [1.82, 2.24) is 20.6 Å². The Hall–Kier alpha value is -2.76. The molecule has 2 amide bonds. The quantitative estimate of drug-likeness (QED) is 0.856. The smallest absolute Gasteiger partial charge is 0.271 e. The molecule has 4 rings (SSSR count). The Morgan fingerprint density at radius 3 is 2.36 bits per heavy atom. The van der Waals surface area contributed by atoms with Gasteiger partial charge in [-0.1, -0.05) is 17.7 Å². The maximum Gasteiger partial charge on any atom is 0.271 e. The Morgan fingerprint density at radius 2 is 1.68 bits per heavy atom. The Balaban J connectivity index is 1.48. The molecule has 0 aliphatic heterocycles. The molecule has 146 valence electrons. The Kier molecular flexibility index (Phi) is 4.65. The number of nitrogens with zero attached hydrogens (tertiary/aromatic N) is 2. The van der Waals surface area contributed by atoms with Gasteiger partial charge in [0.1, 0.15) is 5.69 Å². The molecule has 6 nitrogen and oxygen atoms in total. The first-order valence-corrected chi connectivity index (χ1v) is 9.89. The Labute approximate surface area is 165 Å². The molecule has 2 saturated carbocycles. The van der Waals surface area contributed by atoms with Crippen molar-refractivity contribution in [2.24, 2.45) is 0 Å². The minimum atomic E-state index is -0.277. The van der Waals surface area contributed by atoms with Crippen LogP contribution < -0.4 is 10.6 Å². The fourth-order valence-corrected chi connectivity index (χ4v) is 4.81. The van der Waals surface area contributed by atoms with Gasteiger partial charge in [0.25, 0.3) is 11.8 Å². The predicted molar refractivity (Wildman–Crippen MR) is 106 cm³/mol. The van der Waals surface area contributed by atoms with Gasteiger partial charge in [-0.15, -0.1) is 0 Å². The number of hydrogen-bond acceptors (Lipinski definition) is 4. The number of carbonyl (C=O) groups excluding carboxylic acids is 2. The molecule has 2 fully saturated rings. The number of carbonyl (C=O) groups is 2. The van der Waals surface area contributed by atoms with Crippen molar-refractivity contribution in [3.63, 3.8) is 0 Å². The molecule has 2 N–H and O–H groups in total. The standard InChI is InChI=1S/C22H26N4O2/c1-15-5-3-6-17(11-15)19(27)25-21-7-4-8-22(14-21,10-9-21)26-20(28)18-13-23-12-16(2)24-18/h3,5-6,11-13H,4,7-10,14H2,1-2H3,(H,25,27)(H,26,28). The van der Waals surface area contributed by atoms with Gasteiger partial charge in [-0.25, -0.2) is 4.98 Å². The Morgan fingerprint density at radius 1 is 0.964 bits per heavy atom. The zero-order valence-electron chi connectivity index (χ0n) is 16.4. The highest BCUT2D eigenvalue weighted by Crippen LogP contribution is 2.48. The number of aromatic nitrogens is 2. The van der Waals surface area contributed by atoms with E-state index in [9.17, 15) is 9.59 Å². The van der Waals surface area contributed by atoms with Gasteiger partial charge in [0.05, 0.1) is 11.9 Å². The van der Waals surface area contributed by atoms with Gasteiger partial charge in [0.15, 0.2) is 0 Å². The maximum atomic E-state index is 12.8. The summed E-state index contributed by atoms with van der Waals surface area (Å²) in [5.41, 5.74) is 2.31. The number of aryl methyl sites for hydroxylation is 2. The van der Waals surface area contributed by atoms with Gasteiger partial charge in [-0.05, 0) is 64.5 Å². The lowest BCUT2D eigenvalue weighted by Crippen LogP contribution is -2.55. The number of nitrogens with one attached hydrogen (secondary N) is 2. The minimum Gasteiger partial charge on any atom is -0.347 e. The normalized spacial score (nSPS) is 25.9. The van der Waals surface area contributed by atoms with Crippen LogP contribution in [0.1, 0.15) is 70.6 Å². The summed E-state index contributed by atoms with van der Waals surface area (Å²) in [6.45, 7) is 3.81. The summed E-state index contributed by atoms with van der Waals surface area (Å²) in [5.74, 6) is -0.212. The summed E-state index contributed by atoms with van der Waals surface area (Å²) in [5, 5.41) is 6.52. The average molecular weight is 378 g/mol. The van der Waals surface area contributed by atoms with Crippen LogP contribution in [0.5, 0.6) is 0 Å². The van der Waals surface area contributed by atoms with E-state index in [-0.39, 0.29) is 22.9 Å². The van der Waals surface area contributed by atoms with Crippen LogP contribution in [0.15, 0.2) is 36.7 Å². The van der Waals surface area contributed by atoms with Crippen LogP contribution in [-0.2, 0) is 0 Å². The third-order valence-electron chi connectivity index (χ3n) is 6.09. The highest BCUT2D eigenvalue weighted by molar-refractivity contribution is 5.95. The lowest BCUT2D eigenvalue weighted by atomic mass is 9.78. The molecule has 2 unspecified atom stereocenters. The van der Waals surface area contributed by atoms with Crippen molar-refractivity contribution >= 4 is 11.8 Å². The van der Waals surface area contributed by atoms with Gasteiger partial charge >= 0.3 is 0 Å². The van der Waals surface area contributed by atoms with Gasteiger partial charge in [-0.3, -0.25) is 14.6 Å². The third kappa shape index (κ3) is 3.63. The van der Waals surface area contributed by atoms with E-state index in [1.807, 2.05) is 38.1 Å². The predicted octanol–water partition coefficient (Wildman–Crippen LogP) is 3.10. The summed E-state index contributed by atoms with van der Waals surface area (Å²) < 4.78 is 0. The molecule has 0 saturated heterocycles. The molecule has 6 heteroatoms. The lowest BCUT2D eigenvalue weighted by molar-refractivity contribution is 0.0829. The molecular formula is C22H26N4O2. The zero-order chi connectivity index (χ0) is 19.8. The fourth-order valence-electron chi connectivity index (χ4n) is 4.81. The molecule has 0 radical (unpaired) electrons. The topological polar surface area (TPSA) is 84.0 Å². The second-order valence-corrected chi connectivity index (χ2v) is 8.41. The molecule has 28 heavy (non-hydrogen) atoms. The SMILES string of the molecule is Cc1cccc(C(=O)NC23CCCC(NC(=O)c4cncc(C)n4)(CC2)C3)c1. The molecule has 2 aliphatic rings. The van der Waals surface area contributed by atoms with Crippen LogP contribution >= 0.6 is 0 Å². The first kappa shape index (κ1) is 18.6. The van der Waals surface area contributed by atoms with E-state index in [2.05, 4.69) is 20.6 Å². The lowest BCUT2D eigenvalue weighted by Gasteiger charge is -2.40. The van der Waals surface area contributed by atoms with Crippen molar-refractivity contribution in [3.8, 4) is 0 Å². The maximum absolute atomic E-state index is 12.8. The average Bonchev–Trinajstić information content (AvgIpc) is 2.91. The van der Waals surface area contributed by atoms with Crippen LogP contribution in [0.3, 0.4) is 0 Å². The van der Waals surface area contributed by atoms with E-state index in [4.69, 9.17) is 0 Å². The number of rotatable bonds is 4. The number of fused-ring (bicyclic) bond motifs is 2. The fraction of sp³-hybridized carbons (Fsp3) is 0.455. The first-order valence-electron chi connectivity index (χ1n) is 9.89. The monoisotopic (exact) mass is 378 g/mol. The summed E-state index contributed by atoms with van der Waals surface area (Å²) in [7, 11) is 0. The van der Waals surface area contributed by atoms with Gasteiger partial charge in [-0.2, -0.15) is 0 Å². The molecule has 1 heterocycles. The summed E-state index contributed by atoms with van der Waals surface area (Å²) in [6.07, 6.45) is 8.51. The number of amides is 2. The second kappa shape index (κ2) is 7.00. The van der Waals surface area contributed by atoms with E-state index >= 15 is 0 Å². The zero-order valence-corrected chi connectivity index (χ0v) is 16.4. The van der Waals surface area contributed by atoms with Crippen LogP contribution in [0.25, 0.3) is 0 Å². The van der Waals surface area contributed by atoms with Gasteiger partial charge in [0.2, 0.25) is 0 Å². The molecule has 2 bridgehead atoms. The minimum absolute atomic E-state index is 0.0303. The van der Waals surface area contributed by atoms with Crippen molar-refractivity contribution in [2.45, 2.75) is 63.5 Å². The van der Waals surface area contributed by atoms with Crippen LogP contribution in [-0.4, -0.2) is 32.9 Å². The van der Waals surface area contributed by atoms with E-state index in [0.29, 0.717) is 11.3 Å². The molecule has 2 atom stereocenters. The third-order valence-corrected chi connectivity index (χ3v) is 6.09. The van der Waals surface area contributed by atoms with Crippen molar-refractivity contribution in [3.05, 3.63) is 59.2 Å². The number of benzene rings is 1. The molecule has 1 aromatic heterocycles. The largest absolute Gasteiger partial charge is 0.347 e. The highest BCUT2D eigenvalue weighted by Gasteiger charge is 2.52. The summed E-state index contributed by atoms with van der Waals surface area (Å²) in [4.78, 5) is 33.9. The molecular weight excluding hydrogens is 352 g/mol. The summed E-state index contributed by atoms with van der Waals surface area (Å²) >= 11 is 0. The van der Waals surface area contributed by atoms with Gasteiger partial charge in [0, 0.05) is 22.8 Å². The number of hydrogen-bond donors (Lipinski definition) is 2. The van der Waals surface area contributed by atoms with Gasteiger partial charge < -0.3 is 10.6 Å². The molecule has 2 aromatic rings. The molecule has 2 aliphatic carbocycles. The first-order chi connectivity index (χ1) is 13.4. The molecule has 1 aromatic carbocycles. The van der Waals surface area contributed by atoms with E-state index in [1.165, 1.54) is 6.20 Å². The van der Waals surface area contributed by atoms with Crippen LogP contribution in [0.4, 0.5) is 0 Å². The van der Waals surface area contributed by atoms with Crippen molar-refractivity contribution in [2.75, 3.05) is 0 Å². The second-order valence-electron chi connectivity index (χ2n) is 8.41. The van der Waals surface area contributed by atoms with E-state index in [0.717, 1.165) is 49.8 Å². The summed E-state index contributed by atoms with van der Waals surface area (Å²) in [6, 6.07) is 7.65.